The lowest BCUT2D eigenvalue weighted by Crippen LogP contribution is -2.52. The third kappa shape index (κ3) is 2.80. The Morgan fingerprint density at radius 2 is 2.00 bits per heavy atom. The van der Waals surface area contributed by atoms with E-state index in [-0.39, 0.29) is 18.1 Å². The van der Waals surface area contributed by atoms with Crippen molar-refractivity contribution in [3.05, 3.63) is 29.8 Å². The molecule has 4 nitrogen and oxygen atoms in total. The van der Waals surface area contributed by atoms with Gasteiger partial charge < -0.3 is 15.3 Å². The average molecular weight is 262 g/mol. The molecule has 2 rings (SSSR count). The zero-order valence-electron chi connectivity index (χ0n) is 11.8. The summed E-state index contributed by atoms with van der Waals surface area (Å²) in [6, 6.07) is 7.43. The third-order valence-corrected chi connectivity index (χ3v) is 3.73. The molecule has 0 radical (unpaired) electrons. The average Bonchev–Trinajstić information content (AvgIpc) is 2.47. The van der Waals surface area contributed by atoms with E-state index in [0.717, 1.165) is 18.7 Å². The number of rotatable bonds is 2. The van der Waals surface area contributed by atoms with E-state index >= 15 is 0 Å². The summed E-state index contributed by atoms with van der Waals surface area (Å²) >= 11 is 0. The molecule has 0 aliphatic carbocycles. The fourth-order valence-corrected chi connectivity index (χ4v) is 2.52. The Hall–Kier alpha value is -1.39. The van der Waals surface area contributed by atoms with Gasteiger partial charge in [-0.15, -0.1) is 0 Å². The highest BCUT2D eigenvalue weighted by atomic mass is 16.3. The van der Waals surface area contributed by atoms with Crippen LogP contribution in [0.15, 0.2) is 24.3 Å². The van der Waals surface area contributed by atoms with Crippen LogP contribution < -0.4 is 10.2 Å². The molecule has 1 aliphatic rings. The van der Waals surface area contributed by atoms with E-state index in [1.165, 1.54) is 5.56 Å². The van der Waals surface area contributed by atoms with Crippen LogP contribution in [0, 0.1) is 6.92 Å². The van der Waals surface area contributed by atoms with Crippen molar-refractivity contribution < 1.29 is 9.90 Å². The summed E-state index contributed by atoms with van der Waals surface area (Å²) in [6.07, 6.45) is 0.850. The molecule has 1 aromatic rings. The van der Waals surface area contributed by atoms with Crippen molar-refractivity contribution in [2.24, 2.45) is 0 Å². The van der Waals surface area contributed by atoms with Gasteiger partial charge in [0.15, 0.2) is 0 Å². The van der Waals surface area contributed by atoms with Crippen molar-refractivity contribution in [2.75, 3.05) is 18.1 Å². The molecule has 1 aromatic carbocycles. The summed E-state index contributed by atoms with van der Waals surface area (Å²) in [7, 11) is 0. The van der Waals surface area contributed by atoms with Gasteiger partial charge in [0.25, 0.3) is 0 Å². The van der Waals surface area contributed by atoms with Crippen molar-refractivity contribution in [2.45, 2.75) is 38.8 Å². The lowest BCUT2D eigenvalue weighted by Gasteiger charge is -2.37. The summed E-state index contributed by atoms with van der Waals surface area (Å²) in [5.41, 5.74) is 1.80. The summed E-state index contributed by atoms with van der Waals surface area (Å²) in [4.78, 5) is 14.4. The van der Waals surface area contributed by atoms with Crippen LogP contribution in [0.5, 0.6) is 0 Å². The van der Waals surface area contributed by atoms with Crippen molar-refractivity contribution >= 4 is 11.6 Å². The highest BCUT2D eigenvalue weighted by molar-refractivity contribution is 5.98. The number of hydrogen-bond acceptors (Lipinski definition) is 3. The number of aryl methyl sites for hydroxylation is 1. The topological polar surface area (TPSA) is 52.6 Å². The third-order valence-electron chi connectivity index (χ3n) is 3.73. The second-order valence-corrected chi connectivity index (χ2v) is 5.76. The molecule has 1 amide bonds. The fraction of sp³-hybridized carbons (Fsp3) is 0.533. The molecule has 1 unspecified atom stereocenters. The molecule has 1 fully saturated rings. The van der Waals surface area contributed by atoms with Crippen molar-refractivity contribution in [1.29, 1.82) is 0 Å². The number of carbonyl (C=O) groups excluding carboxylic acids is 1. The molecule has 2 N–H and O–H groups in total. The molecule has 0 spiro atoms. The molecule has 0 aromatic heterocycles. The van der Waals surface area contributed by atoms with Gasteiger partial charge in [-0.3, -0.25) is 4.79 Å². The normalized spacial score (nSPS) is 23.3. The predicted octanol–water partition coefficient (Wildman–Crippen LogP) is 1.46. The SMILES string of the molecule is Cc1ccc(N2C(=O)C(CO)NCCC2(C)C)cc1. The minimum atomic E-state index is -0.511. The maximum Gasteiger partial charge on any atom is 0.246 e. The number of hydrogen-bond donors (Lipinski definition) is 2. The zero-order chi connectivity index (χ0) is 14.0. The van der Waals surface area contributed by atoms with E-state index in [9.17, 15) is 9.90 Å². The van der Waals surface area contributed by atoms with Crippen LogP contribution in [0.3, 0.4) is 0 Å². The largest absolute Gasteiger partial charge is 0.394 e. The summed E-state index contributed by atoms with van der Waals surface area (Å²) in [6.45, 7) is 6.71. The fourth-order valence-electron chi connectivity index (χ4n) is 2.52. The Bertz CT molecular complexity index is 454. The number of aliphatic hydroxyl groups excluding tert-OH is 1. The Morgan fingerprint density at radius 3 is 2.58 bits per heavy atom. The molecule has 4 heteroatoms. The predicted molar refractivity (Wildman–Crippen MR) is 76.2 cm³/mol. The van der Waals surface area contributed by atoms with Gasteiger partial charge >= 0.3 is 0 Å². The van der Waals surface area contributed by atoms with E-state index in [0.29, 0.717) is 0 Å². The molecule has 1 atom stereocenters. The van der Waals surface area contributed by atoms with Crippen LogP contribution in [0.2, 0.25) is 0 Å². The first-order valence-corrected chi connectivity index (χ1v) is 6.71. The van der Waals surface area contributed by atoms with Crippen LogP contribution in [0.25, 0.3) is 0 Å². The lowest BCUT2D eigenvalue weighted by molar-refractivity contribution is -0.121. The van der Waals surface area contributed by atoms with Crippen molar-refractivity contribution in [1.82, 2.24) is 5.32 Å². The number of benzene rings is 1. The van der Waals surface area contributed by atoms with E-state index in [2.05, 4.69) is 19.2 Å². The summed E-state index contributed by atoms with van der Waals surface area (Å²) in [5, 5.41) is 12.5. The summed E-state index contributed by atoms with van der Waals surface area (Å²) in [5.74, 6) is -0.0612. The molecule has 19 heavy (non-hydrogen) atoms. The smallest absolute Gasteiger partial charge is 0.246 e. The molecule has 1 heterocycles. The first kappa shape index (κ1) is 14.0. The Kier molecular flexibility index (Phi) is 3.92. The first-order chi connectivity index (χ1) is 8.95. The molecule has 0 saturated carbocycles. The highest BCUT2D eigenvalue weighted by Gasteiger charge is 2.38. The van der Waals surface area contributed by atoms with Crippen molar-refractivity contribution in [3.63, 3.8) is 0 Å². The highest BCUT2D eigenvalue weighted by Crippen LogP contribution is 2.29. The maximum atomic E-state index is 12.6. The van der Waals surface area contributed by atoms with E-state index < -0.39 is 6.04 Å². The van der Waals surface area contributed by atoms with Crippen LogP contribution >= 0.6 is 0 Å². The molecule has 0 bridgehead atoms. The number of aliphatic hydroxyl groups is 1. The van der Waals surface area contributed by atoms with Gasteiger partial charge in [-0.1, -0.05) is 17.7 Å². The van der Waals surface area contributed by atoms with Gasteiger partial charge in [-0.25, -0.2) is 0 Å². The molecule has 1 aliphatic heterocycles. The molecule has 104 valence electrons. The number of amides is 1. The molecule has 1 saturated heterocycles. The van der Waals surface area contributed by atoms with E-state index in [1.807, 2.05) is 36.1 Å². The van der Waals surface area contributed by atoms with Gasteiger partial charge in [0, 0.05) is 11.2 Å². The number of nitrogens with one attached hydrogen (secondary N) is 1. The Morgan fingerprint density at radius 1 is 1.37 bits per heavy atom. The van der Waals surface area contributed by atoms with Crippen LogP contribution in [0.4, 0.5) is 5.69 Å². The minimum absolute atomic E-state index is 0.0612. The Balaban J connectivity index is 2.41. The number of nitrogens with zero attached hydrogens (tertiary/aromatic N) is 1. The van der Waals surface area contributed by atoms with Crippen LogP contribution in [0.1, 0.15) is 25.8 Å². The second kappa shape index (κ2) is 5.31. The zero-order valence-corrected chi connectivity index (χ0v) is 11.8. The van der Waals surface area contributed by atoms with Crippen LogP contribution in [-0.2, 0) is 4.79 Å². The van der Waals surface area contributed by atoms with E-state index in [1.54, 1.807) is 0 Å². The standard InChI is InChI=1S/C15H22N2O2/c1-11-4-6-12(7-5-11)17-14(19)13(10-18)16-9-8-15(17,2)3/h4-7,13,16,18H,8-10H2,1-3H3. The number of anilines is 1. The second-order valence-electron chi connectivity index (χ2n) is 5.76. The minimum Gasteiger partial charge on any atom is -0.394 e. The van der Waals surface area contributed by atoms with Crippen LogP contribution in [-0.4, -0.2) is 35.7 Å². The number of carbonyl (C=O) groups is 1. The van der Waals surface area contributed by atoms with Gasteiger partial charge in [0.2, 0.25) is 5.91 Å². The first-order valence-electron chi connectivity index (χ1n) is 6.71. The summed E-state index contributed by atoms with van der Waals surface area (Å²) < 4.78 is 0. The van der Waals surface area contributed by atoms with Gasteiger partial charge in [0.05, 0.1) is 6.61 Å². The Labute approximate surface area is 114 Å². The van der Waals surface area contributed by atoms with Gasteiger partial charge in [-0.05, 0) is 45.9 Å². The molecular formula is C15H22N2O2. The van der Waals surface area contributed by atoms with Gasteiger partial charge in [0.1, 0.15) is 6.04 Å². The van der Waals surface area contributed by atoms with E-state index in [4.69, 9.17) is 0 Å². The molecular weight excluding hydrogens is 240 g/mol. The lowest BCUT2D eigenvalue weighted by atomic mass is 9.97. The van der Waals surface area contributed by atoms with Crippen molar-refractivity contribution in [3.8, 4) is 0 Å². The monoisotopic (exact) mass is 262 g/mol. The van der Waals surface area contributed by atoms with Gasteiger partial charge in [-0.2, -0.15) is 0 Å². The quantitative estimate of drug-likeness (QED) is 0.848. The maximum absolute atomic E-state index is 12.6.